The predicted molar refractivity (Wildman–Crippen MR) is 124 cm³/mol. The highest BCUT2D eigenvalue weighted by molar-refractivity contribution is 5.81. The van der Waals surface area contributed by atoms with Crippen LogP contribution in [0.2, 0.25) is 0 Å². The van der Waals surface area contributed by atoms with Gasteiger partial charge in [0.05, 0.1) is 4.92 Å². The third-order valence-electron chi connectivity index (χ3n) is 6.32. The van der Waals surface area contributed by atoms with E-state index in [4.69, 9.17) is 4.74 Å². The van der Waals surface area contributed by atoms with Crippen LogP contribution in [0.1, 0.15) is 45.6 Å². The first-order valence-electron chi connectivity index (χ1n) is 11.2. The molecule has 172 valence electrons. The number of carbonyl (C=O) groups excluding carboxylic acids is 1. The number of phenolic OH excluding ortho intramolecular Hbond substituents is 1. The van der Waals surface area contributed by atoms with Crippen LogP contribution in [-0.2, 0) is 16.0 Å². The second-order valence-corrected chi connectivity index (χ2v) is 9.14. The van der Waals surface area contributed by atoms with Crippen LogP contribution in [0.25, 0.3) is 0 Å². The normalized spacial score (nSPS) is 21.7. The zero-order valence-corrected chi connectivity index (χ0v) is 18.9. The lowest BCUT2D eigenvalue weighted by molar-refractivity contribution is -0.384. The van der Waals surface area contributed by atoms with Crippen molar-refractivity contribution in [2.45, 2.75) is 58.6 Å². The highest BCUT2D eigenvalue weighted by Crippen LogP contribution is 2.36. The average molecular weight is 441 g/mol. The number of hydrogen-bond acceptors (Lipinski definition) is 6. The maximum atomic E-state index is 13.3. The number of esters is 1. The van der Waals surface area contributed by atoms with Gasteiger partial charge in [0.25, 0.3) is 5.69 Å². The fourth-order valence-corrected chi connectivity index (χ4v) is 4.49. The van der Waals surface area contributed by atoms with Crippen LogP contribution in [0.3, 0.4) is 0 Å². The number of carbonyl (C=O) groups is 1. The standard InChI is InChI=1S/C25H32N2O5/c1-16(2)20-13-8-17(3)14-24(20)32-25(29)22(15-18-9-11-19(28)12-10-18)26-21-6-4-5-7-23(21)27(30)31/h4-7,9-12,16-17,20,22,24,26,28H,8,13-15H2,1-3H3/t17-,20?,22?,24-/m1/s1. The second-order valence-electron chi connectivity index (χ2n) is 9.14. The molecule has 0 heterocycles. The van der Waals surface area contributed by atoms with Crippen molar-refractivity contribution in [1.82, 2.24) is 0 Å². The molecular formula is C25H32N2O5. The summed E-state index contributed by atoms with van der Waals surface area (Å²) in [5.74, 6) is 0.910. The van der Waals surface area contributed by atoms with Gasteiger partial charge in [0.1, 0.15) is 23.6 Å². The first-order chi connectivity index (χ1) is 15.2. The summed E-state index contributed by atoms with van der Waals surface area (Å²) in [4.78, 5) is 24.3. The highest BCUT2D eigenvalue weighted by atomic mass is 16.6. The van der Waals surface area contributed by atoms with Crippen molar-refractivity contribution in [3.05, 3.63) is 64.2 Å². The Balaban J connectivity index is 1.84. The first-order valence-corrected chi connectivity index (χ1v) is 11.2. The van der Waals surface area contributed by atoms with Crippen molar-refractivity contribution >= 4 is 17.3 Å². The minimum absolute atomic E-state index is 0.0950. The molecule has 2 aromatic carbocycles. The van der Waals surface area contributed by atoms with E-state index in [2.05, 4.69) is 26.1 Å². The molecule has 0 aliphatic heterocycles. The Labute approximate surface area is 188 Å². The maximum Gasteiger partial charge on any atom is 0.329 e. The molecule has 1 fully saturated rings. The van der Waals surface area contributed by atoms with E-state index in [1.807, 2.05) is 0 Å². The van der Waals surface area contributed by atoms with Crippen molar-refractivity contribution in [1.29, 1.82) is 0 Å². The van der Waals surface area contributed by atoms with Crippen LogP contribution in [0.15, 0.2) is 48.5 Å². The number of para-hydroxylation sites is 2. The Morgan fingerprint density at radius 3 is 2.53 bits per heavy atom. The van der Waals surface area contributed by atoms with E-state index in [0.717, 1.165) is 24.8 Å². The molecule has 1 saturated carbocycles. The SMILES string of the molecule is CC(C)C1CC[C@@H](C)C[C@H]1OC(=O)C(Cc1ccc(O)cc1)Nc1ccccc1[N+](=O)[O-]. The van der Waals surface area contributed by atoms with Gasteiger partial charge in [-0.2, -0.15) is 0 Å². The number of benzene rings is 2. The first kappa shape index (κ1) is 23.6. The molecule has 7 heteroatoms. The van der Waals surface area contributed by atoms with E-state index in [9.17, 15) is 20.0 Å². The average Bonchev–Trinajstić information content (AvgIpc) is 2.74. The number of aromatic hydroxyl groups is 1. The van der Waals surface area contributed by atoms with Gasteiger partial charge in [0.15, 0.2) is 0 Å². The lowest BCUT2D eigenvalue weighted by Gasteiger charge is -2.37. The Bertz CT molecular complexity index is 928. The van der Waals surface area contributed by atoms with Crippen molar-refractivity contribution in [3.63, 3.8) is 0 Å². The summed E-state index contributed by atoms with van der Waals surface area (Å²) >= 11 is 0. The van der Waals surface area contributed by atoms with Gasteiger partial charge in [-0.1, -0.05) is 51.5 Å². The fraction of sp³-hybridized carbons (Fsp3) is 0.480. The summed E-state index contributed by atoms with van der Waals surface area (Å²) in [6, 6.07) is 12.1. The van der Waals surface area contributed by atoms with Crippen LogP contribution in [-0.4, -0.2) is 28.1 Å². The van der Waals surface area contributed by atoms with Crippen molar-refractivity contribution < 1.29 is 19.6 Å². The summed E-state index contributed by atoms with van der Waals surface area (Å²) in [5.41, 5.74) is 0.992. The maximum absolute atomic E-state index is 13.3. The van der Waals surface area contributed by atoms with Crippen molar-refractivity contribution in [2.24, 2.45) is 17.8 Å². The molecule has 0 radical (unpaired) electrons. The third kappa shape index (κ3) is 5.99. The number of nitrogens with zero attached hydrogens (tertiary/aromatic N) is 1. The Morgan fingerprint density at radius 1 is 1.19 bits per heavy atom. The van der Waals surface area contributed by atoms with E-state index in [-0.39, 0.29) is 29.6 Å². The summed E-state index contributed by atoms with van der Waals surface area (Å²) < 4.78 is 6.05. The number of hydrogen-bond donors (Lipinski definition) is 2. The molecule has 0 spiro atoms. The molecule has 2 unspecified atom stereocenters. The molecule has 0 saturated heterocycles. The van der Waals surface area contributed by atoms with Gasteiger partial charge in [-0.3, -0.25) is 10.1 Å². The molecule has 0 aromatic heterocycles. The van der Waals surface area contributed by atoms with Crippen LogP contribution in [0.4, 0.5) is 11.4 Å². The van der Waals surface area contributed by atoms with Gasteiger partial charge >= 0.3 is 5.97 Å². The lowest BCUT2D eigenvalue weighted by atomic mass is 9.75. The molecule has 4 atom stereocenters. The third-order valence-corrected chi connectivity index (χ3v) is 6.32. The molecule has 0 amide bonds. The van der Waals surface area contributed by atoms with E-state index >= 15 is 0 Å². The zero-order valence-electron chi connectivity index (χ0n) is 18.9. The molecule has 1 aliphatic rings. The van der Waals surface area contributed by atoms with Gasteiger partial charge in [0, 0.05) is 12.5 Å². The number of anilines is 1. The van der Waals surface area contributed by atoms with E-state index < -0.39 is 16.9 Å². The van der Waals surface area contributed by atoms with Gasteiger partial charge in [-0.05, 0) is 54.4 Å². The van der Waals surface area contributed by atoms with Gasteiger partial charge in [-0.15, -0.1) is 0 Å². The zero-order chi connectivity index (χ0) is 23.3. The topological polar surface area (TPSA) is 102 Å². The second kappa shape index (κ2) is 10.5. The summed E-state index contributed by atoms with van der Waals surface area (Å²) in [6.45, 7) is 6.48. The van der Waals surface area contributed by atoms with Crippen LogP contribution < -0.4 is 5.32 Å². The smallest absolute Gasteiger partial charge is 0.329 e. The number of nitrogens with one attached hydrogen (secondary N) is 1. The van der Waals surface area contributed by atoms with Gasteiger partial charge in [0.2, 0.25) is 0 Å². The minimum atomic E-state index is -0.800. The minimum Gasteiger partial charge on any atom is -0.508 e. The largest absolute Gasteiger partial charge is 0.508 e. The van der Waals surface area contributed by atoms with Crippen LogP contribution >= 0.6 is 0 Å². The Kier molecular flexibility index (Phi) is 7.72. The molecule has 0 bridgehead atoms. The summed E-state index contributed by atoms with van der Waals surface area (Å²) in [6.07, 6.45) is 3.09. The summed E-state index contributed by atoms with van der Waals surface area (Å²) in [5, 5.41) is 24.1. The molecule has 7 nitrogen and oxygen atoms in total. The molecule has 32 heavy (non-hydrogen) atoms. The van der Waals surface area contributed by atoms with Crippen LogP contribution in [0, 0.1) is 27.9 Å². The molecule has 3 rings (SSSR count). The quantitative estimate of drug-likeness (QED) is 0.327. The Morgan fingerprint density at radius 2 is 1.88 bits per heavy atom. The summed E-state index contributed by atoms with van der Waals surface area (Å²) in [7, 11) is 0. The number of phenols is 1. The number of ether oxygens (including phenoxy) is 1. The highest BCUT2D eigenvalue weighted by Gasteiger charge is 2.35. The molecular weight excluding hydrogens is 408 g/mol. The number of nitro benzene ring substituents is 1. The predicted octanol–water partition coefficient (Wildman–Crippen LogP) is 5.33. The molecule has 2 aromatic rings. The van der Waals surface area contributed by atoms with Gasteiger partial charge < -0.3 is 15.2 Å². The van der Waals surface area contributed by atoms with E-state index in [1.54, 1.807) is 42.5 Å². The van der Waals surface area contributed by atoms with Crippen molar-refractivity contribution in [3.8, 4) is 5.75 Å². The molecule has 1 aliphatic carbocycles. The Hall–Kier alpha value is -3.09. The van der Waals surface area contributed by atoms with E-state index in [1.165, 1.54) is 6.07 Å². The van der Waals surface area contributed by atoms with Crippen molar-refractivity contribution in [2.75, 3.05) is 5.32 Å². The number of rotatable bonds is 8. The number of nitro groups is 1. The molecule has 2 N–H and O–H groups in total. The lowest BCUT2D eigenvalue weighted by Crippen LogP contribution is -2.41. The van der Waals surface area contributed by atoms with Gasteiger partial charge in [-0.25, -0.2) is 4.79 Å². The van der Waals surface area contributed by atoms with E-state index in [0.29, 0.717) is 17.8 Å². The monoisotopic (exact) mass is 440 g/mol. The fourth-order valence-electron chi connectivity index (χ4n) is 4.49. The van der Waals surface area contributed by atoms with Crippen LogP contribution in [0.5, 0.6) is 5.75 Å².